The molecule has 3 rings (SSSR count). The number of pyridine rings is 1. The maximum Gasteiger partial charge on any atom is 0.325 e. The lowest BCUT2D eigenvalue weighted by molar-refractivity contribution is -0.135. The van der Waals surface area contributed by atoms with E-state index in [0.717, 1.165) is 18.5 Å². The molecule has 140 valence electrons. The number of carbonyl (C=O) groups is 3. The third-order valence-corrected chi connectivity index (χ3v) is 4.87. The Hall–Kier alpha value is -2.48. The molecule has 1 atom stereocenters. The normalized spacial score (nSPS) is 21.8. The van der Waals surface area contributed by atoms with Crippen molar-refractivity contribution in [3.05, 3.63) is 30.1 Å². The van der Waals surface area contributed by atoms with Crippen LogP contribution in [0.2, 0.25) is 0 Å². The van der Waals surface area contributed by atoms with Crippen LogP contribution in [0, 0.1) is 0 Å². The number of aromatic nitrogens is 1. The predicted octanol–water partition coefficient (Wildman–Crippen LogP) is 0.920. The van der Waals surface area contributed by atoms with Crippen LogP contribution in [0.25, 0.3) is 0 Å². The van der Waals surface area contributed by atoms with Crippen molar-refractivity contribution in [3.8, 4) is 0 Å². The second-order valence-electron chi connectivity index (χ2n) is 7.13. The first-order chi connectivity index (χ1) is 12.4. The minimum absolute atomic E-state index is 0.00953. The van der Waals surface area contributed by atoms with Crippen molar-refractivity contribution < 1.29 is 19.1 Å². The van der Waals surface area contributed by atoms with E-state index in [1.807, 2.05) is 18.2 Å². The van der Waals surface area contributed by atoms with Crippen LogP contribution in [-0.4, -0.2) is 64.0 Å². The molecule has 26 heavy (non-hydrogen) atoms. The fraction of sp³-hybridized carbons (Fsp3) is 0.556. The van der Waals surface area contributed by atoms with Crippen molar-refractivity contribution in [2.45, 2.75) is 44.9 Å². The summed E-state index contributed by atoms with van der Waals surface area (Å²) < 4.78 is 5.66. The molecule has 0 radical (unpaired) electrons. The van der Waals surface area contributed by atoms with Crippen LogP contribution in [0.4, 0.5) is 4.79 Å². The van der Waals surface area contributed by atoms with Crippen molar-refractivity contribution in [1.82, 2.24) is 20.1 Å². The SMILES string of the molecule is CC1(C)C(=O)NC(=O)N1CC(=O)N(Cc1ccccn1)C[C@H]1CCCO1. The molecule has 2 fully saturated rings. The van der Waals surface area contributed by atoms with Crippen LogP contribution in [0.5, 0.6) is 0 Å². The monoisotopic (exact) mass is 360 g/mol. The van der Waals surface area contributed by atoms with Crippen molar-refractivity contribution >= 4 is 17.8 Å². The van der Waals surface area contributed by atoms with E-state index in [9.17, 15) is 14.4 Å². The fourth-order valence-electron chi connectivity index (χ4n) is 3.17. The van der Waals surface area contributed by atoms with Gasteiger partial charge in [-0.05, 0) is 38.8 Å². The molecule has 4 amide bonds. The highest BCUT2D eigenvalue weighted by molar-refractivity contribution is 6.07. The smallest absolute Gasteiger partial charge is 0.325 e. The van der Waals surface area contributed by atoms with Gasteiger partial charge in [-0.1, -0.05) is 6.07 Å². The summed E-state index contributed by atoms with van der Waals surface area (Å²) in [5, 5.41) is 2.26. The summed E-state index contributed by atoms with van der Waals surface area (Å²) in [6.07, 6.45) is 3.55. The molecule has 2 aliphatic heterocycles. The summed E-state index contributed by atoms with van der Waals surface area (Å²) in [6, 6.07) is 5.00. The minimum atomic E-state index is -1.05. The maximum absolute atomic E-state index is 12.9. The van der Waals surface area contributed by atoms with E-state index in [-0.39, 0.29) is 18.6 Å². The van der Waals surface area contributed by atoms with Crippen molar-refractivity contribution in [1.29, 1.82) is 0 Å². The lowest BCUT2D eigenvalue weighted by Gasteiger charge is -2.31. The van der Waals surface area contributed by atoms with Gasteiger partial charge in [0, 0.05) is 19.3 Å². The quantitative estimate of drug-likeness (QED) is 0.762. The number of rotatable bonds is 6. The molecule has 2 saturated heterocycles. The third-order valence-electron chi connectivity index (χ3n) is 4.87. The number of hydrogen-bond acceptors (Lipinski definition) is 5. The lowest BCUT2D eigenvalue weighted by atomic mass is 10.0. The van der Waals surface area contributed by atoms with Crippen LogP contribution in [-0.2, 0) is 20.9 Å². The van der Waals surface area contributed by atoms with Gasteiger partial charge in [-0.15, -0.1) is 0 Å². The zero-order chi connectivity index (χ0) is 18.7. The van der Waals surface area contributed by atoms with Gasteiger partial charge in [0.05, 0.1) is 18.3 Å². The lowest BCUT2D eigenvalue weighted by Crippen LogP contribution is -2.50. The van der Waals surface area contributed by atoms with E-state index in [1.165, 1.54) is 4.90 Å². The number of imide groups is 1. The van der Waals surface area contributed by atoms with E-state index in [0.29, 0.717) is 19.7 Å². The number of nitrogens with zero attached hydrogens (tertiary/aromatic N) is 3. The number of ether oxygens (including phenoxy) is 1. The van der Waals surface area contributed by atoms with Gasteiger partial charge < -0.3 is 14.5 Å². The Balaban J connectivity index is 1.73. The Bertz CT molecular complexity index is 686. The number of carbonyl (C=O) groups excluding carboxylic acids is 3. The molecule has 0 aromatic carbocycles. The van der Waals surface area contributed by atoms with E-state index < -0.39 is 17.5 Å². The van der Waals surface area contributed by atoms with Crippen LogP contribution >= 0.6 is 0 Å². The van der Waals surface area contributed by atoms with Crippen molar-refractivity contribution in [2.24, 2.45) is 0 Å². The molecular formula is C18H24N4O4. The van der Waals surface area contributed by atoms with Gasteiger partial charge in [-0.25, -0.2) is 4.79 Å². The van der Waals surface area contributed by atoms with Gasteiger partial charge in [-0.3, -0.25) is 19.9 Å². The van der Waals surface area contributed by atoms with Crippen LogP contribution < -0.4 is 5.32 Å². The average molecular weight is 360 g/mol. The molecule has 8 nitrogen and oxygen atoms in total. The van der Waals surface area contributed by atoms with Gasteiger partial charge in [-0.2, -0.15) is 0 Å². The summed E-state index contributed by atoms with van der Waals surface area (Å²) in [5.41, 5.74) is -0.284. The number of nitrogens with one attached hydrogen (secondary N) is 1. The average Bonchev–Trinajstić information content (AvgIpc) is 3.18. The molecule has 1 aromatic rings. The first-order valence-electron chi connectivity index (χ1n) is 8.80. The molecule has 0 spiro atoms. The molecule has 8 heteroatoms. The Labute approximate surface area is 152 Å². The topological polar surface area (TPSA) is 91.8 Å². The third kappa shape index (κ3) is 3.85. The van der Waals surface area contributed by atoms with E-state index in [1.54, 1.807) is 24.9 Å². The largest absolute Gasteiger partial charge is 0.376 e. The van der Waals surface area contributed by atoms with Gasteiger partial charge in [0.2, 0.25) is 5.91 Å². The van der Waals surface area contributed by atoms with Gasteiger partial charge in [0.1, 0.15) is 12.1 Å². The highest BCUT2D eigenvalue weighted by Gasteiger charge is 2.46. The zero-order valence-electron chi connectivity index (χ0n) is 15.1. The molecule has 0 saturated carbocycles. The second-order valence-corrected chi connectivity index (χ2v) is 7.13. The number of amides is 4. The van der Waals surface area contributed by atoms with E-state index in [2.05, 4.69) is 10.3 Å². The van der Waals surface area contributed by atoms with Crippen LogP contribution in [0.15, 0.2) is 24.4 Å². The maximum atomic E-state index is 12.9. The first-order valence-corrected chi connectivity index (χ1v) is 8.80. The molecular weight excluding hydrogens is 336 g/mol. The number of hydrogen-bond donors (Lipinski definition) is 1. The number of urea groups is 1. The highest BCUT2D eigenvalue weighted by Crippen LogP contribution is 2.21. The summed E-state index contributed by atoms with van der Waals surface area (Å²) in [6.45, 7) is 4.58. The van der Waals surface area contributed by atoms with Gasteiger partial charge >= 0.3 is 6.03 Å². The van der Waals surface area contributed by atoms with Crippen LogP contribution in [0.1, 0.15) is 32.4 Å². The summed E-state index contributed by atoms with van der Waals surface area (Å²) in [4.78, 5) is 44.1. The summed E-state index contributed by atoms with van der Waals surface area (Å²) >= 11 is 0. The van der Waals surface area contributed by atoms with Crippen molar-refractivity contribution in [3.63, 3.8) is 0 Å². The molecule has 1 aromatic heterocycles. The highest BCUT2D eigenvalue weighted by atomic mass is 16.5. The zero-order valence-corrected chi connectivity index (χ0v) is 15.1. The Morgan fingerprint density at radius 1 is 1.42 bits per heavy atom. The molecule has 2 aliphatic rings. The van der Waals surface area contributed by atoms with E-state index in [4.69, 9.17) is 4.74 Å². The Kier molecular flexibility index (Phi) is 5.22. The molecule has 0 unspecified atom stereocenters. The Morgan fingerprint density at radius 2 is 2.23 bits per heavy atom. The Morgan fingerprint density at radius 3 is 2.81 bits per heavy atom. The minimum Gasteiger partial charge on any atom is -0.376 e. The van der Waals surface area contributed by atoms with Crippen LogP contribution in [0.3, 0.4) is 0 Å². The molecule has 0 aliphatic carbocycles. The van der Waals surface area contributed by atoms with Gasteiger partial charge in [0.15, 0.2) is 0 Å². The predicted molar refractivity (Wildman–Crippen MR) is 93.0 cm³/mol. The van der Waals surface area contributed by atoms with Crippen molar-refractivity contribution in [2.75, 3.05) is 19.7 Å². The standard InChI is InChI=1S/C18H24N4O4/c1-18(2)16(24)20-17(25)22(18)12-15(23)21(11-14-7-5-9-26-14)10-13-6-3-4-8-19-13/h3-4,6,8,14H,5,7,9-12H2,1-2H3,(H,20,24,25)/t14-/m1/s1. The summed E-state index contributed by atoms with van der Waals surface area (Å²) in [7, 11) is 0. The fourth-order valence-corrected chi connectivity index (χ4v) is 3.17. The second kappa shape index (κ2) is 7.41. The van der Waals surface area contributed by atoms with E-state index >= 15 is 0 Å². The van der Waals surface area contributed by atoms with Gasteiger partial charge in [0.25, 0.3) is 5.91 Å². The molecule has 0 bridgehead atoms. The molecule has 1 N–H and O–H groups in total. The first kappa shape index (κ1) is 18.3. The molecule has 3 heterocycles. The summed E-state index contributed by atoms with van der Waals surface area (Å²) in [5.74, 6) is -0.630.